The predicted octanol–water partition coefficient (Wildman–Crippen LogP) is 3.47. The van der Waals surface area contributed by atoms with Crippen molar-refractivity contribution in [1.29, 1.82) is 0 Å². The number of nitrogens with two attached hydrogens (primary N) is 1. The number of methoxy groups -OCH3 is 1. The van der Waals surface area contributed by atoms with Crippen LogP contribution in [0.3, 0.4) is 0 Å². The van der Waals surface area contributed by atoms with E-state index in [-0.39, 0.29) is 17.6 Å². The van der Waals surface area contributed by atoms with Crippen molar-refractivity contribution >= 4 is 5.91 Å². The van der Waals surface area contributed by atoms with Crippen LogP contribution in [-0.4, -0.2) is 50.3 Å². The quantitative estimate of drug-likeness (QED) is 0.740. The summed E-state index contributed by atoms with van der Waals surface area (Å²) in [6.07, 6.45) is 2.52. The number of nitrogens with zero attached hydrogens (tertiary/aromatic N) is 1. The molecule has 5 nitrogen and oxygen atoms in total. The first kappa shape index (κ1) is 20.3. The summed E-state index contributed by atoms with van der Waals surface area (Å²) in [4.78, 5) is 14.4. The molecule has 1 saturated heterocycles. The number of likely N-dealkylation sites (tertiary alicyclic amines) is 1. The highest BCUT2D eigenvalue weighted by atomic mass is 19.1. The largest absolute Gasteiger partial charge is 0.497 e. The van der Waals surface area contributed by atoms with E-state index >= 15 is 0 Å². The van der Waals surface area contributed by atoms with Gasteiger partial charge in [0.05, 0.1) is 18.8 Å². The highest BCUT2D eigenvalue weighted by molar-refractivity contribution is 5.95. The van der Waals surface area contributed by atoms with Crippen LogP contribution < -0.4 is 10.5 Å². The van der Waals surface area contributed by atoms with Gasteiger partial charge in [0.2, 0.25) is 0 Å². The lowest BCUT2D eigenvalue weighted by atomic mass is 10.0. The van der Waals surface area contributed by atoms with Crippen LogP contribution in [0.15, 0.2) is 42.5 Å². The lowest BCUT2D eigenvalue weighted by molar-refractivity contribution is 0.00834. The highest BCUT2D eigenvalue weighted by Gasteiger charge is 2.25. The second-order valence-corrected chi connectivity index (χ2v) is 6.93. The molecule has 1 fully saturated rings. The normalized spacial score (nSPS) is 14.9. The molecule has 0 saturated carbocycles. The summed E-state index contributed by atoms with van der Waals surface area (Å²) in [5.41, 5.74) is 7.18. The number of benzene rings is 2. The SMILES string of the molecule is COc1ccc(-c2ccc(C(=O)N3CCC(OCCCN)CC3)c(F)c2)cc1. The van der Waals surface area contributed by atoms with Crippen LogP contribution in [-0.2, 0) is 4.74 Å². The average Bonchev–Trinajstić information content (AvgIpc) is 2.74. The maximum absolute atomic E-state index is 14.7. The highest BCUT2D eigenvalue weighted by Crippen LogP contribution is 2.25. The van der Waals surface area contributed by atoms with Gasteiger partial charge in [0.25, 0.3) is 5.91 Å². The van der Waals surface area contributed by atoms with Crippen LogP contribution in [0, 0.1) is 5.82 Å². The van der Waals surface area contributed by atoms with E-state index in [0.29, 0.717) is 26.2 Å². The molecule has 150 valence electrons. The molecule has 1 amide bonds. The van der Waals surface area contributed by atoms with Crippen molar-refractivity contribution in [1.82, 2.24) is 4.90 Å². The minimum atomic E-state index is -0.500. The molecule has 2 aromatic rings. The standard InChI is InChI=1S/C22H27FN2O3/c1-27-18-6-3-16(4-7-18)17-5-8-20(21(23)15-17)22(26)25-12-9-19(10-13-25)28-14-2-11-24/h3-8,15,19H,2,9-14,24H2,1H3. The average molecular weight is 386 g/mol. The van der Waals surface area contributed by atoms with Crippen molar-refractivity contribution in [2.45, 2.75) is 25.4 Å². The number of piperidine rings is 1. The third-order valence-electron chi connectivity index (χ3n) is 5.05. The molecule has 0 radical (unpaired) electrons. The molecule has 1 aliphatic heterocycles. The van der Waals surface area contributed by atoms with E-state index in [2.05, 4.69) is 0 Å². The number of rotatable bonds is 7. The van der Waals surface area contributed by atoms with Crippen LogP contribution in [0.1, 0.15) is 29.6 Å². The molecule has 0 atom stereocenters. The summed E-state index contributed by atoms with van der Waals surface area (Å²) >= 11 is 0. The van der Waals surface area contributed by atoms with E-state index in [1.54, 1.807) is 24.1 Å². The van der Waals surface area contributed by atoms with E-state index in [0.717, 1.165) is 36.1 Å². The molecule has 0 aromatic heterocycles. The molecule has 0 unspecified atom stereocenters. The van der Waals surface area contributed by atoms with Gasteiger partial charge in [-0.3, -0.25) is 4.79 Å². The summed E-state index contributed by atoms with van der Waals surface area (Å²) in [7, 11) is 1.60. The monoisotopic (exact) mass is 386 g/mol. The number of hydrogen-bond acceptors (Lipinski definition) is 4. The first-order valence-corrected chi connectivity index (χ1v) is 9.67. The van der Waals surface area contributed by atoms with E-state index in [1.165, 1.54) is 6.07 Å². The Morgan fingerprint density at radius 2 is 1.82 bits per heavy atom. The number of carbonyl (C=O) groups excluding carboxylic acids is 1. The van der Waals surface area contributed by atoms with Crippen LogP contribution >= 0.6 is 0 Å². The number of ether oxygens (including phenoxy) is 2. The Balaban J connectivity index is 1.63. The first-order chi connectivity index (χ1) is 13.6. The molecular weight excluding hydrogens is 359 g/mol. The van der Waals surface area contributed by atoms with Crippen molar-refractivity contribution in [3.05, 3.63) is 53.8 Å². The fourth-order valence-electron chi connectivity index (χ4n) is 3.38. The third kappa shape index (κ3) is 4.88. The Morgan fingerprint density at radius 1 is 1.14 bits per heavy atom. The van der Waals surface area contributed by atoms with Gasteiger partial charge in [0.1, 0.15) is 11.6 Å². The lowest BCUT2D eigenvalue weighted by Crippen LogP contribution is -2.41. The van der Waals surface area contributed by atoms with E-state index in [9.17, 15) is 9.18 Å². The number of carbonyl (C=O) groups is 1. The summed E-state index contributed by atoms with van der Waals surface area (Å²) < 4.78 is 25.6. The molecule has 1 aliphatic rings. The van der Waals surface area contributed by atoms with Gasteiger partial charge < -0.3 is 20.1 Å². The molecular formula is C22H27FN2O3. The van der Waals surface area contributed by atoms with E-state index in [4.69, 9.17) is 15.2 Å². The van der Waals surface area contributed by atoms with Crippen LogP contribution in [0.2, 0.25) is 0 Å². The summed E-state index contributed by atoms with van der Waals surface area (Å²) in [5.74, 6) is -0.0229. The maximum Gasteiger partial charge on any atom is 0.256 e. The fourth-order valence-corrected chi connectivity index (χ4v) is 3.38. The Morgan fingerprint density at radius 3 is 2.43 bits per heavy atom. The Bertz CT molecular complexity index is 787. The Hall–Kier alpha value is -2.44. The fraction of sp³-hybridized carbons (Fsp3) is 0.409. The van der Waals surface area contributed by atoms with Crippen molar-refractivity contribution in [3.8, 4) is 16.9 Å². The Kier molecular flexibility index (Phi) is 7.01. The minimum Gasteiger partial charge on any atom is -0.497 e. The van der Waals surface area contributed by atoms with E-state index < -0.39 is 5.82 Å². The van der Waals surface area contributed by atoms with Gasteiger partial charge in [-0.2, -0.15) is 0 Å². The zero-order valence-corrected chi connectivity index (χ0v) is 16.2. The van der Waals surface area contributed by atoms with Gasteiger partial charge in [-0.05, 0) is 61.2 Å². The minimum absolute atomic E-state index is 0.111. The molecule has 1 heterocycles. The molecule has 2 N–H and O–H groups in total. The predicted molar refractivity (Wildman–Crippen MR) is 107 cm³/mol. The molecule has 0 aliphatic carbocycles. The van der Waals surface area contributed by atoms with Gasteiger partial charge >= 0.3 is 0 Å². The lowest BCUT2D eigenvalue weighted by Gasteiger charge is -2.32. The molecule has 0 spiro atoms. The third-order valence-corrected chi connectivity index (χ3v) is 5.05. The zero-order chi connectivity index (χ0) is 19.9. The number of hydrogen-bond donors (Lipinski definition) is 1. The van der Waals surface area contributed by atoms with Gasteiger partial charge in [-0.1, -0.05) is 18.2 Å². The summed E-state index contributed by atoms with van der Waals surface area (Å²) in [6, 6.07) is 12.1. The maximum atomic E-state index is 14.7. The van der Waals surface area contributed by atoms with Gasteiger partial charge in [0.15, 0.2) is 0 Å². The van der Waals surface area contributed by atoms with Gasteiger partial charge in [-0.25, -0.2) is 4.39 Å². The second kappa shape index (κ2) is 9.66. The smallest absolute Gasteiger partial charge is 0.256 e. The first-order valence-electron chi connectivity index (χ1n) is 9.67. The van der Waals surface area contributed by atoms with Crippen molar-refractivity contribution in [2.75, 3.05) is 33.4 Å². The van der Waals surface area contributed by atoms with Gasteiger partial charge in [-0.15, -0.1) is 0 Å². The van der Waals surface area contributed by atoms with Crippen molar-refractivity contribution in [3.63, 3.8) is 0 Å². The number of amides is 1. The Labute approximate surface area is 165 Å². The molecule has 2 aromatic carbocycles. The van der Waals surface area contributed by atoms with Crippen LogP contribution in [0.25, 0.3) is 11.1 Å². The van der Waals surface area contributed by atoms with Gasteiger partial charge in [0, 0.05) is 19.7 Å². The second-order valence-electron chi connectivity index (χ2n) is 6.93. The van der Waals surface area contributed by atoms with Crippen molar-refractivity contribution in [2.24, 2.45) is 5.73 Å². The zero-order valence-electron chi connectivity index (χ0n) is 16.2. The summed E-state index contributed by atoms with van der Waals surface area (Å²) in [5, 5.41) is 0. The number of halogens is 1. The molecule has 3 rings (SSSR count). The van der Waals surface area contributed by atoms with Crippen molar-refractivity contribution < 1.29 is 18.7 Å². The van der Waals surface area contributed by atoms with E-state index in [1.807, 2.05) is 24.3 Å². The molecule has 28 heavy (non-hydrogen) atoms. The molecule has 0 bridgehead atoms. The van der Waals surface area contributed by atoms with Crippen LogP contribution in [0.5, 0.6) is 5.75 Å². The van der Waals surface area contributed by atoms with Crippen LogP contribution in [0.4, 0.5) is 4.39 Å². The summed E-state index contributed by atoms with van der Waals surface area (Å²) in [6.45, 7) is 2.41. The topological polar surface area (TPSA) is 64.8 Å². The molecule has 6 heteroatoms.